The molecule has 0 N–H and O–H groups in total. The number of hydrogen-bond donors (Lipinski definition) is 0. The van der Waals surface area contributed by atoms with Gasteiger partial charge in [-0.25, -0.2) is 13.4 Å². The molecule has 6 heteroatoms. The highest BCUT2D eigenvalue weighted by Crippen LogP contribution is 2.24. The summed E-state index contributed by atoms with van der Waals surface area (Å²) in [6.07, 6.45) is 3.97. The maximum Gasteiger partial charge on any atom is 0.177 e. The van der Waals surface area contributed by atoms with Gasteiger partial charge < -0.3 is 4.57 Å². The number of halogens is 1. The monoisotopic (exact) mass is 314 g/mol. The molecular weight excluding hydrogens is 296 g/mol. The second-order valence-electron chi connectivity index (χ2n) is 4.87. The lowest BCUT2D eigenvalue weighted by Crippen LogP contribution is -2.04. The number of fused-ring (bicyclic) bond motifs is 1. The van der Waals surface area contributed by atoms with Crippen molar-refractivity contribution in [1.29, 1.82) is 0 Å². The highest BCUT2D eigenvalue weighted by molar-refractivity contribution is 7.91. The fraction of sp³-hybridized carbons (Fsp3) is 0.500. The highest BCUT2D eigenvalue weighted by Gasteiger charge is 2.18. The first-order valence-electron chi connectivity index (χ1n) is 6.73. The fourth-order valence-corrected chi connectivity index (χ4v) is 3.31. The number of nitrogens with zero attached hydrogens (tertiary/aromatic N) is 2. The molecule has 0 spiro atoms. The number of aromatic nitrogens is 2. The van der Waals surface area contributed by atoms with E-state index in [0.717, 1.165) is 30.7 Å². The molecule has 20 heavy (non-hydrogen) atoms. The van der Waals surface area contributed by atoms with Gasteiger partial charge in [-0.05, 0) is 18.6 Å². The second-order valence-corrected chi connectivity index (χ2v) is 7.23. The number of alkyl halides is 1. The molecule has 2 rings (SSSR count). The van der Waals surface area contributed by atoms with Crippen LogP contribution >= 0.6 is 11.6 Å². The molecule has 0 saturated carbocycles. The van der Waals surface area contributed by atoms with E-state index in [1.807, 2.05) is 6.07 Å². The van der Waals surface area contributed by atoms with E-state index >= 15 is 0 Å². The number of aryl methyl sites for hydroxylation is 2. The third-order valence-electron chi connectivity index (χ3n) is 3.27. The molecule has 1 heterocycles. The van der Waals surface area contributed by atoms with Gasteiger partial charge in [-0.1, -0.05) is 19.4 Å². The summed E-state index contributed by atoms with van der Waals surface area (Å²) in [5.74, 6) is 1.34. The molecular formula is C14H19ClN2O2S. The maximum atomic E-state index is 11.9. The van der Waals surface area contributed by atoms with Crippen molar-refractivity contribution < 1.29 is 8.42 Å². The van der Waals surface area contributed by atoms with Gasteiger partial charge in [-0.3, -0.25) is 0 Å². The Balaban J connectivity index is 2.66. The van der Waals surface area contributed by atoms with Crippen LogP contribution in [0.4, 0.5) is 0 Å². The van der Waals surface area contributed by atoms with E-state index in [2.05, 4.69) is 16.5 Å². The van der Waals surface area contributed by atoms with Gasteiger partial charge in [-0.15, -0.1) is 11.6 Å². The van der Waals surface area contributed by atoms with Crippen LogP contribution in [0.15, 0.2) is 23.1 Å². The molecule has 0 aliphatic carbocycles. The summed E-state index contributed by atoms with van der Waals surface area (Å²) in [4.78, 5) is 4.81. The number of rotatable bonds is 6. The normalized spacial score (nSPS) is 12.2. The minimum Gasteiger partial charge on any atom is -0.328 e. The predicted octanol–water partition coefficient (Wildman–Crippen LogP) is 3.02. The molecule has 0 aliphatic rings. The van der Waals surface area contributed by atoms with Crippen LogP contribution in [-0.4, -0.2) is 30.1 Å². The second kappa shape index (κ2) is 6.14. The Morgan fingerprint density at radius 1 is 1.35 bits per heavy atom. The first-order chi connectivity index (χ1) is 9.49. The number of hydrogen-bond acceptors (Lipinski definition) is 3. The van der Waals surface area contributed by atoms with E-state index in [9.17, 15) is 8.42 Å². The van der Waals surface area contributed by atoms with Gasteiger partial charge in [0.2, 0.25) is 0 Å². The summed E-state index contributed by atoms with van der Waals surface area (Å²) in [5.41, 5.74) is 1.44. The van der Waals surface area contributed by atoms with Gasteiger partial charge in [0.15, 0.2) is 9.84 Å². The van der Waals surface area contributed by atoms with Crippen molar-refractivity contribution in [2.75, 3.05) is 12.1 Å². The molecule has 1 aromatic carbocycles. The number of para-hydroxylation sites is 1. The molecule has 2 aromatic rings. The molecule has 0 amide bonds. The Labute approximate surface area is 124 Å². The Morgan fingerprint density at radius 2 is 2.10 bits per heavy atom. The summed E-state index contributed by atoms with van der Waals surface area (Å²) in [6.45, 7) is 2.97. The van der Waals surface area contributed by atoms with Gasteiger partial charge in [0.05, 0.1) is 10.4 Å². The lowest BCUT2D eigenvalue weighted by atomic mass is 10.3. The van der Waals surface area contributed by atoms with Crippen molar-refractivity contribution in [3.05, 3.63) is 24.0 Å². The minimum absolute atomic E-state index is 0.293. The molecule has 0 aliphatic heterocycles. The van der Waals surface area contributed by atoms with E-state index < -0.39 is 9.84 Å². The van der Waals surface area contributed by atoms with Crippen molar-refractivity contribution in [1.82, 2.24) is 9.55 Å². The van der Waals surface area contributed by atoms with Crippen molar-refractivity contribution >= 4 is 32.5 Å². The van der Waals surface area contributed by atoms with Crippen LogP contribution < -0.4 is 0 Å². The van der Waals surface area contributed by atoms with Gasteiger partial charge in [0.1, 0.15) is 11.3 Å². The van der Waals surface area contributed by atoms with Crippen molar-refractivity contribution in [2.45, 2.75) is 37.6 Å². The first kappa shape index (κ1) is 15.3. The Bertz CT molecular complexity index is 707. The van der Waals surface area contributed by atoms with Crippen LogP contribution in [0.5, 0.6) is 0 Å². The number of unbranched alkanes of at least 4 members (excludes halogenated alkanes) is 1. The minimum atomic E-state index is -3.28. The zero-order chi connectivity index (χ0) is 14.8. The maximum absolute atomic E-state index is 11.9. The number of sulfone groups is 1. The third-order valence-corrected chi connectivity index (χ3v) is 4.59. The standard InChI is InChI=1S/C14H19ClN2O2S/c1-3-4-10-17-11-6-5-7-12(20(2,18)19)14(11)16-13(17)8-9-15/h5-7H,3-4,8-10H2,1-2H3. The molecule has 0 saturated heterocycles. The van der Waals surface area contributed by atoms with E-state index in [4.69, 9.17) is 11.6 Å². The van der Waals surface area contributed by atoms with E-state index in [1.165, 1.54) is 6.26 Å². The molecule has 1 aromatic heterocycles. The summed E-state index contributed by atoms with van der Waals surface area (Å²) >= 11 is 5.83. The SMILES string of the molecule is CCCCn1c(CCCl)nc2c(S(C)(=O)=O)cccc21. The van der Waals surface area contributed by atoms with Crippen LogP contribution in [-0.2, 0) is 22.8 Å². The van der Waals surface area contributed by atoms with E-state index in [0.29, 0.717) is 22.7 Å². The van der Waals surface area contributed by atoms with Crippen LogP contribution in [0.3, 0.4) is 0 Å². The van der Waals surface area contributed by atoms with Crippen LogP contribution in [0.25, 0.3) is 11.0 Å². The van der Waals surface area contributed by atoms with Crippen molar-refractivity contribution in [3.8, 4) is 0 Å². The summed E-state index contributed by atoms with van der Waals surface area (Å²) in [7, 11) is -3.28. The summed E-state index contributed by atoms with van der Waals surface area (Å²) < 4.78 is 25.8. The predicted molar refractivity (Wildman–Crippen MR) is 82.2 cm³/mol. The largest absolute Gasteiger partial charge is 0.328 e. The number of imidazole rings is 1. The zero-order valence-corrected chi connectivity index (χ0v) is 13.3. The third kappa shape index (κ3) is 2.99. The van der Waals surface area contributed by atoms with Crippen LogP contribution in [0, 0.1) is 0 Å². The molecule has 0 atom stereocenters. The van der Waals surface area contributed by atoms with Crippen LogP contribution in [0.2, 0.25) is 0 Å². The molecule has 110 valence electrons. The van der Waals surface area contributed by atoms with E-state index in [-0.39, 0.29) is 0 Å². The van der Waals surface area contributed by atoms with Crippen LogP contribution in [0.1, 0.15) is 25.6 Å². The summed E-state index contributed by atoms with van der Waals surface area (Å²) in [5, 5.41) is 0. The average molecular weight is 315 g/mol. The lowest BCUT2D eigenvalue weighted by molar-refractivity contribution is 0.602. The molecule has 4 nitrogen and oxygen atoms in total. The Morgan fingerprint density at radius 3 is 2.70 bits per heavy atom. The van der Waals surface area contributed by atoms with Crippen molar-refractivity contribution in [3.63, 3.8) is 0 Å². The molecule has 0 fully saturated rings. The average Bonchev–Trinajstić information content (AvgIpc) is 2.73. The fourth-order valence-electron chi connectivity index (χ4n) is 2.31. The molecule has 0 radical (unpaired) electrons. The van der Waals surface area contributed by atoms with Gasteiger partial charge in [-0.2, -0.15) is 0 Å². The van der Waals surface area contributed by atoms with Gasteiger partial charge >= 0.3 is 0 Å². The summed E-state index contributed by atoms with van der Waals surface area (Å²) in [6, 6.07) is 5.30. The highest BCUT2D eigenvalue weighted by atomic mass is 35.5. The Hall–Kier alpha value is -1.07. The van der Waals surface area contributed by atoms with Gasteiger partial charge in [0, 0.05) is 25.1 Å². The molecule has 0 unspecified atom stereocenters. The molecule has 0 bridgehead atoms. The first-order valence-corrected chi connectivity index (χ1v) is 9.15. The lowest BCUT2D eigenvalue weighted by Gasteiger charge is -2.07. The van der Waals surface area contributed by atoms with Crippen molar-refractivity contribution in [2.24, 2.45) is 0 Å². The van der Waals surface area contributed by atoms with E-state index in [1.54, 1.807) is 12.1 Å². The zero-order valence-electron chi connectivity index (χ0n) is 11.8. The van der Waals surface area contributed by atoms with Gasteiger partial charge in [0.25, 0.3) is 0 Å². The smallest absolute Gasteiger partial charge is 0.177 e. The Kier molecular flexibility index (Phi) is 4.70. The number of benzene rings is 1. The quantitative estimate of drug-likeness (QED) is 0.770. The topological polar surface area (TPSA) is 52.0 Å².